The summed E-state index contributed by atoms with van der Waals surface area (Å²) in [6.07, 6.45) is 1.15. The van der Waals surface area contributed by atoms with Crippen molar-refractivity contribution in [1.82, 2.24) is 0 Å². The number of likely N-dealkylation sites (N-methyl/N-ethyl adjacent to an activating group) is 1. The van der Waals surface area contributed by atoms with Gasteiger partial charge in [0, 0.05) is 12.2 Å². The molecule has 0 radical (unpaired) electrons. The van der Waals surface area contributed by atoms with E-state index in [9.17, 15) is 0 Å². The van der Waals surface area contributed by atoms with Crippen LogP contribution in [0.1, 0.15) is 59.1 Å². The van der Waals surface area contributed by atoms with E-state index in [1.54, 1.807) is 0 Å². The molecule has 0 saturated carbocycles. The van der Waals surface area contributed by atoms with Crippen molar-refractivity contribution in [3.8, 4) is 5.75 Å². The molecule has 0 aliphatic heterocycles. The molecule has 0 bridgehead atoms. The number of hydrogen-bond acceptors (Lipinski definition) is 2. The highest BCUT2D eigenvalue weighted by Gasteiger charge is 2.27. The number of anilines is 1. The summed E-state index contributed by atoms with van der Waals surface area (Å²) in [5, 5.41) is 0. The lowest BCUT2D eigenvalue weighted by Crippen LogP contribution is -2.28. The van der Waals surface area contributed by atoms with E-state index < -0.39 is 0 Å². The predicted octanol–water partition coefficient (Wildman–Crippen LogP) is 6.61. The van der Waals surface area contributed by atoms with Crippen molar-refractivity contribution >= 4 is 5.69 Å². The van der Waals surface area contributed by atoms with E-state index in [2.05, 4.69) is 102 Å². The van der Waals surface area contributed by atoms with Gasteiger partial charge in [-0.25, -0.2) is 0 Å². The van der Waals surface area contributed by atoms with Crippen LogP contribution in [0.25, 0.3) is 0 Å². The largest absolute Gasteiger partial charge is 0.492 e. The van der Waals surface area contributed by atoms with E-state index in [0.29, 0.717) is 12.0 Å². The third-order valence-corrected chi connectivity index (χ3v) is 4.99. The lowest BCUT2D eigenvalue weighted by Gasteiger charge is -2.33. The van der Waals surface area contributed by atoms with Crippen molar-refractivity contribution in [3.63, 3.8) is 0 Å². The second kappa shape index (κ2) is 8.82. The van der Waals surface area contributed by atoms with E-state index in [0.717, 1.165) is 25.3 Å². The first-order valence-corrected chi connectivity index (χ1v) is 10.2. The number of nitrogens with zero attached hydrogens (tertiary/aromatic N) is 1. The van der Waals surface area contributed by atoms with Gasteiger partial charge in [-0.05, 0) is 66.5 Å². The van der Waals surface area contributed by atoms with E-state index in [1.807, 2.05) is 0 Å². The Morgan fingerprint density at radius 2 is 1.59 bits per heavy atom. The third-order valence-electron chi connectivity index (χ3n) is 4.99. The molecule has 0 atom stereocenters. The summed E-state index contributed by atoms with van der Waals surface area (Å²) in [6, 6.07) is 17.3. The number of rotatable bonds is 8. The van der Waals surface area contributed by atoms with Crippen LogP contribution < -0.4 is 9.64 Å². The van der Waals surface area contributed by atoms with Crippen LogP contribution in [0.4, 0.5) is 5.69 Å². The number of aryl methyl sites for hydroxylation is 1. The molecule has 0 spiro atoms. The fourth-order valence-corrected chi connectivity index (χ4v) is 4.00. The predicted molar refractivity (Wildman–Crippen MR) is 118 cm³/mol. The van der Waals surface area contributed by atoms with Crippen molar-refractivity contribution in [2.24, 2.45) is 5.41 Å². The summed E-state index contributed by atoms with van der Waals surface area (Å²) in [5.74, 6) is 0.950. The van der Waals surface area contributed by atoms with Gasteiger partial charge >= 0.3 is 0 Å². The zero-order valence-corrected chi connectivity index (χ0v) is 18.3. The molecule has 0 aliphatic rings. The highest BCUT2D eigenvalue weighted by atomic mass is 16.5. The fourth-order valence-electron chi connectivity index (χ4n) is 4.00. The van der Waals surface area contributed by atoms with Gasteiger partial charge in [-0.1, -0.05) is 58.9 Å². The summed E-state index contributed by atoms with van der Waals surface area (Å²) in [6.45, 7) is 18.4. The third kappa shape index (κ3) is 6.61. The molecule has 2 nitrogen and oxygen atoms in total. The summed E-state index contributed by atoms with van der Waals surface area (Å²) in [5.41, 5.74) is 4.42. The zero-order valence-electron chi connectivity index (χ0n) is 18.3. The molecule has 0 unspecified atom stereocenters. The monoisotopic (exact) mass is 367 g/mol. The van der Waals surface area contributed by atoms with Gasteiger partial charge in [-0.2, -0.15) is 0 Å². The zero-order chi connectivity index (χ0) is 20.1. The highest BCUT2D eigenvalue weighted by Crippen LogP contribution is 2.36. The van der Waals surface area contributed by atoms with E-state index >= 15 is 0 Å². The minimum absolute atomic E-state index is 0.168. The Labute approximate surface area is 166 Å². The lowest BCUT2D eigenvalue weighted by molar-refractivity contribution is 0.283. The van der Waals surface area contributed by atoms with Crippen LogP contribution in [0.5, 0.6) is 5.75 Å². The maximum atomic E-state index is 6.02. The average molecular weight is 368 g/mol. The van der Waals surface area contributed by atoms with Crippen LogP contribution in [0.2, 0.25) is 0 Å². The Morgan fingerprint density at radius 1 is 0.926 bits per heavy atom. The topological polar surface area (TPSA) is 12.5 Å². The normalized spacial score (nSPS) is 12.1. The molecule has 0 aromatic heterocycles. The molecule has 2 aromatic rings. The van der Waals surface area contributed by atoms with Crippen LogP contribution in [-0.2, 0) is 5.41 Å². The van der Waals surface area contributed by atoms with Crippen molar-refractivity contribution in [2.75, 3.05) is 24.6 Å². The van der Waals surface area contributed by atoms with Gasteiger partial charge in [0.2, 0.25) is 0 Å². The molecule has 2 aromatic carbocycles. The molecular weight excluding hydrogens is 330 g/mol. The van der Waals surface area contributed by atoms with E-state index in [4.69, 9.17) is 4.74 Å². The van der Waals surface area contributed by atoms with Crippen LogP contribution in [0.3, 0.4) is 0 Å². The van der Waals surface area contributed by atoms with Gasteiger partial charge in [0.05, 0.1) is 6.54 Å². The molecule has 0 N–H and O–H groups in total. The highest BCUT2D eigenvalue weighted by molar-refractivity contribution is 5.48. The summed E-state index contributed by atoms with van der Waals surface area (Å²) in [4.78, 5) is 2.35. The fraction of sp³-hybridized carbons (Fsp3) is 0.520. The van der Waals surface area contributed by atoms with Gasteiger partial charge in [-0.15, -0.1) is 0 Å². The minimum atomic E-state index is 0.168. The van der Waals surface area contributed by atoms with E-state index in [1.165, 1.54) is 16.8 Å². The standard InChI is InChI=1S/C25H37NO/c1-8-26(22-11-9-10-20(2)18-22)16-17-27-23-14-12-21(13-15-23)25(6,7)19-24(3,4)5/h9-15,18H,8,16-17,19H2,1-7H3. The Morgan fingerprint density at radius 3 is 2.15 bits per heavy atom. The van der Waals surface area contributed by atoms with Gasteiger partial charge in [0.15, 0.2) is 0 Å². The van der Waals surface area contributed by atoms with Crippen LogP contribution >= 0.6 is 0 Å². The van der Waals surface area contributed by atoms with Gasteiger partial charge in [-0.3, -0.25) is 0 Å². The maximum Gasteiger partial charge on any atom is 0.119 e. The first-order chi connectivity index (χ1) is 12.6. The number of benzene rings is 2. The molecule has 2 rings (SSSR count). The van der Waals surface area contributed by atoms with Gasteiger partial charge in [0.1, 0.15) is 12.4 Å². The van der Waals surface area contributed by atoms with Gasteiger partial charge < -0.3 is 9.64 Å². The molecule has 2 heteroatoms. The molecule has 0 heterocycles. The first-order valence-electron chi connectivity index (χ1n) is 10.2. The average Bonchev–Trinajstić information content (AvgIpc) is 2.57. The number of ether oxygens (including phenoxy) is 1. The molecule has 0 amide bonds. The van der Waals surface area contributed by atoms with Gasteiger partial charge in [0.25, 0.3) is 0 Å². The summed E-state index contributed by atoms with van der Waals surface area (Å²) < 4.78 is 6.02. The SMILES string of the molecule is CCN(CCOc1ccc(C(C)(C)CC(C)(C)C)cc1)c1cccc(C)c1. The van der Waals surface area contributed by atoms with Crippen molar-refractivity contribution in [1.29, 1.82) is 0 Å². The van der Waals surface area contributed by atoms with E-state index in [-0.39, 0.29) is 5.41 Å². The lowest BCUT2D eigenvalue weighted by atomic mass is 9.72. The molecule has 27 heavy (non-hydrogen) atoms. The van der Waals surface area contributed by atoms with Crippen LogP contribution in [-0.4, -0.2) is 19.7 Å². The molecule has 0 fully saturated rings. The molecule has 0 saturated heterocycles. The second-order valence-electron chi connectivity index (χ2n) is 9.41. The minimum Gasteiger partial charge on any atom is -0.492 e. The first kappa shape index (κ1) is 21.3. The van der Waals surface area contributed by atoms with Crippen molar-refractivity contribution < 1.29 is 4.74 Å². The Kier molecular flexibility index (Phi) is 6.97. The Bertz CT molecular complexity index is 710. The summed E-state index contributed by atoms with van der Waals surface area (Å²) >= 11 is 0. The second-order valence-corrected chi connectivity index (χ2v) is 9.41. The molecular formula is C25H37NO. The Balaban J connectivity index is 1.93. The molecule has 148 valence electrons. The smallest absolute Gasteiger partial charge is 0.119 e. The van der Waals surface area contributed by atoms with Crippen molar-refractivity contribution in [2.45, 2.75) is 60.3 Å². The Hall–Kier alpha value is -1.96. The maximum absolute atomic E-state index is 6.02. The summed E-state index contributed by atoms with van der Waals surface area (Å²) in [7, 11) is 0. The quantitative estimate of drug-likeness (QED) is 0.520. The van der Waals surface area contributed by atoms with Crippen LogP contribution in [0.15, 0.2) is 48.5 Å². The number of hydrogen-bond donors (Lipinski definition) is 0. The van der Waals surface area contributed by atoms with Crippen LogP contribution in [0, 0.1) is 12.3 Å². The molecule has 0 aliphatic carbocycles. The van der Waals surface area contributed by atoms with Crippen molar-refractivity contribution in [3.05, 3.63) is 59.7 Å².